The van der Waals surface area contributed by atoms with Gasteiger partial charge >= 0.3 is 5.97 Å². The highest BCUT2D eigenvalue weighted by Crippen LogP contribution is 2.40. The van der Waals surface area contributed by atoms with Gasteiger partial charge in [-0.3, -0.25) is 14.9 Å². The minimum absolute atomic E-state index is 0.163. The Morgan fingerprint density at radius 3 is 2.73 bits per heavy atom. The first-order chi connectivity index (χ1) is 16.1. The molecule has 33 heavy (non-hydrogen) atoms. The van der Waals surface area contributed by atoms with E-state index < -0.39 is 5.97 Å². The molecule has 0 spiro atoms. The topological polar surface area (TPSA) is 117 Å². The summed E-state index contributed by atoms with van der Waals surface area (Å²) in [4.78, 5) is 29.0. The smallest absolute Gasteiger partial charge is 0.341 e. The van der Waals surface area contributed by atoms with Crippen LogP contribution in [0, 0.1) is 0 Å². The van der Waals surface area contributed by atoms with Crippen molar-refractivity contribution in [3.63, 3.8) is 0 Å². The maximum atomic E-state index is 12.4. The number of imidazole rings is 1. The average Bonchev–Trinajstić information content (AvgIpc) is 3.44. The van der Waals surface area contributed by atoms with Crippen LogP contribution in [0.25, 0.3) is 5.65 Å². The Morgan fingerprint density at radius 2 is 1.97 bits per heavy atom. The van der Waals surface area contributed by atoms with E-state index in [4.69, 9.17) is 15.6 Å². The van der Waals surface area contributed by atoms with Crippen molar-refractivity contribution in [1.82, 2.24) is 24.6 Å². The number of amides is 1. The SMILES string of the molecule is NNC(=O)Cc1cc(C2CC2)cn2cc(Cn3cc(C(=O)OCc4ccccc4)cn3)nc12. The number of nitrogens with two attached hydrogens (primary N) is 1. The Balaban J connectivity index is 1.32. The quantitative estimate of drug-likeness (QED) is 0.186. The van der Waals surface area contributed by atoms with Crippen LogP contribution in [0.1, 0.15) is 51.5 Å². The monoisotopic (exact) mass is 444 g/mol. The highest BCUT2D eigenvalue weighted by atomic mass is 16.5. The molecule has 0 aliphatic heterocycles. The Bertz CT molecular complexity index is 1310. The van der Waals surface area contributed by atoms with Crippen LogP contribution in [0.3, 0.4) is 0 Å². The summed E-state index contributed by atoms with van der Waals surface area (Å²) < 4.78 is 8.98. The van der Waals surface area contributed by atoms with Crippen LogP contribution >= 0.6 is 0 Å². The minimum Gasteiger partial charge on any atom is -0.457 e. The number of fused-ring (bicyclic) bond motifs is 1. The maximum absolute atomic E-state index is 12.4. The molecule has 0 unspecified atom stereocenters. The molecule has 1 aliphatic rings. The molecular formula is C24H24N6O3. The van der Waals surface area contributed by atoms with E-state index in [0.29, 0.717) is 23.7 Å². The number of ether oxygens (including phenoxy) is 1. The molecule has 1 fully saturated rings. The summed E-state index contributed by atoms with van der Waals surface area (Å²) in [5.41, 5.74) is 7.01. The highest BCUT2D eigenvalue weighted by molar-refractivity contribution is 5.88. The molecule has 3 aromatic heterocycles. The third-order valence-corrected chi connectivity index (χ3v) is 5.66. The summed E-state index contributed by atoms with van der Waals surface area (Å²) in [6.45, 7) is 0.592. The van der Waals surface area contributed by atoms with E-state index >= 15 is 0 Å². The summed E-state index contributed by atoms with van der Waals surface area (Å²) in [6.07, 6.45) is 9.62. The third-order valence-electron chi connectivity index (χ3n) is 5.66. The van der Waals surface area contributed by atoms with Gasteiger partial charge in [-0.05, 0) is 36.0 Å². The summed E-state index contributed by atoms with van der Waals surface area (Å²) in [6, 6.07) is 11.6. The number of carbonyl (C=O) groups excluding carboxylic acids is 2. The third kappa shape index (κ3) is 4.78. The molecule has 0 bridgehead atoms. The minimum atomic E-state index is -0.427. The van der Waals surface area contributed by atoms with Crippen molar-refractivity contribution < 1.29 is 14.3 Å². The van der Waals surface area contributed by atoms with Crippen molar-refractivity contribution in [2.75, 3.05) is 0 Å². The fourth-order valence-electron chi connectivity index (χ4n) is 3.84. The number of hydrogen-bond acceptors (Lipinski definition) is 6. The zero-order chi connectivity index (χ0) is 22.8. The lowest BCUT2D eigenvalue weighted by atomic mass is 10.1. The van der Waals surface area contributed by atoms with Gasteiger partial charge in [0.25, 0.3) is 0 Å². The molecular weight excluding hydrogens is 420 g/mol. The lowest BCUT2D eigenvalue weighted by molar-refractivity contribution is -0.120. The molecule has 3 heterocycles. The van der Waals surface area contributed by atoms with Gasteiger partial charge in [-0.1, -0.05) is 30.3 Å². The number of pyridine rings is 1. The zero-order valence-electron chi connectivity index (χ0n) is 18.0. The van der Waals surface area contributed by atoms with E-state index in [9.17, 15) is 9.59 Å². The second-order valence-electron chi connectivity index (χ2n) is 8.27. The molecule has 1 aliphatic carbocycles. The van der Waals surface area contributed by atoms with Crippen molar-refractivity contribution in [2.24, 2.45) is 5.84 Å². The molecule has 0 radical (unpaired) electrons. The lowest BCUT2D eigenvalue weighted by Crippen LogP contribution is -2.31. The average molecular weight is 444 g/mol. The molecule has 0 saturated heterocycles. The Kier molecular flexibility index (Phi) is 5.62. The Morgan fingerprint density at radius 1 is 1.15 bits per heavy atom. The van der Waals surface area contributed by atoms with E-state index in [-0.39, 0.29) is 18.9 Å². The number of benzene rings is 1. The standard InChI is InChI=1S/C24H24N6O3/c25-28-22(31)9-18-8-19(17-6-7-17)11-29-13-21(27-23(18)29)14-30-12-20(10-26-30)24(32)33-15-16-4-2-1-3-5-16/h1-5,8,10-13,17H,6-7,9,14-15,25H2,(H,28,31). The van der Waals surface area contributed by atoms with Gasteiger partial charge in [-0.2, -0.15) is 5.10 Å². The number of nitrogens with one attached hydrogen (secondary N) is 1. The van der Waals surface area contributed by atoms with E-state index in [0.717, 1.165) is 29.7 Å². The largest absolute Gasteiger partial charge is 0.457 e. The van der Waals surface area contributed by atoms with Crippen molar-refractivity contribution in [3.05, 3.63) is 89.1 Å². The summed E-state index contributed by atoms with van der Waals surface area (Å²) in [7, 11) is 0. The van der Waals surface area contributed by atoms with Gasteiger partial charge in [-0.25, -0.2) is 15.6 Å². The molecule has 5 rings (SSSR count). The number of hydrazine groups is 1. The molecule has 1 saturated carbocycles. The first-order valence-corrected chi connectivity index (χ1v) is 10.8. The van der Waals surface area contributed by atoms with Crippen LogP contribution in [0.4, 0.5) is 0 Å². The van der Waals surface area contributed by atoms with Crippen LogP contribution in [-0.2, 0) is 29.1 Å². The fourth-order valence-corrected chi connectivity index (χ4v) is 3.84. The van der Waals surface area contributed by atoms with Crippen molar-refractivity contribution in [3.8, 4) is 0 Å². The first-order valence-electron chi connectivity index (χ1n) is 10.8. The lowest BCUT2D eigenvalue weighted by Gasteiger charge is -2.07. The summed E-state index contributed by atoms with van der Waals surface area (Å²) >= 11 is 0. The van der Waals surface area contributed by atoms with Crippen LogP contribution in [0.2, 0.25) is 0 Å². The van der Waals surface area contributed by atoms with Crippen LogP contribution in [-0.4, -0.2) is 31.0 Å². The predicted octanol–water partition coefficient (Wildman–Crippen LogP) is 2.35. The Labute approximate surface area is 190 Å². The number of carbonyl (C=O) groups is 2. The summed E-state index contributed by atoms with van der Waals surface area (Å²) in [5, 5.41) is 4.28. The van der Waals surface area contributed by atoms with Crippen molar-refractivity contribution >= 4 is 17.5 Å². The second-order valence-corrected chi connectivity index (χ2v) is 8.27. The normalized spacial score (nSPS) is 13.2. The van der Waals surface area contributed by atoms with Crippen LogP contribution in [0.5, 0.6) is 0 Å². The predicted molar refractivity (Wildman–Crippen MR) is 120 cm³/mol. The van der Waals surface area contributed by atoms with E-state index in [1.807, 2.05) is 47.0 Å². The molecule has 9 nitrogen and oxygen atoms in total. The van der Waals surface area contributed by atoms with Gasteiger partial charge in [0.05, 0.1) is 30.4 Å². The molecule has 9 heteroatoms. The van der Waals surface area contributed by atoms with Gasteiger partial charge < -0.3 is 9.14 Å². The van der Waals surface area contributed by atoms with Gasteiger partial charge in [0.15, 0.2) is 0 Å². The summed E-state index contributed by atoms with van der Waals surface area (Å²) in [5.74, 6) is 5.13. The number of rotatable bonds is 8. The molecule has 1 aromatic carbocycles. The van der Waals surface area contributed by atoms with E-state index in [1.54, 1.807) is 10.9 Å². The highest BCUT2D eigenvalue weighted by Gasteiger charge is 2.25. The van der Waals surface area contributed by atoms with E-state index in [1.165, 1.54) is 11.8 Å². The second kappa shape index (κ2) is 8.87. The van der Waals surface area contributed by atoms with Crippen LogP contribution < -0.4 is 11.3 Å². The zero-order valence-corrected chi connectivity index (χ0v) is 18.0. The van der Waals surface area contributed by atoms with Crippen LogP contribution in [0.15, 0.2) is 61.2 Å². The Hall–Kier alpha value is -3.98. The van der Waals surface area contributed by atoms with Gasteiger partial charge in [0.2, 0.25) is 5.91 Å². The van der Waals surface area contributed by atoms with Gasteiger partial charge in [0, 0.05) is 24.2 Å². The van der Waals surface area contributed by atoms with Crippen molar-refractivity contribution in [1.29, 1.82) is 0 Å². The maximum Gasteiger partial charge on any atom is 0.341 e. The molecule has 1 amide bonds. The number of esters is 1. The molecule has 168 valence electrons. The molecule has 4 aromatic rings. The van der Waals surface area contributed by atoms with Gasteiger partial charge in [0.1, 0.15) is 12.3 Å². The fraction of sp³-hybridized carbons (Fsp3) is 0.250. The first kappa shape index (κ1) is 20.9. The van der Waals surface area contributed by atoms with Gasteiger partial charge in [-0.15, -0.1) is 0 Å². The number of aromatic nitrogens is 4. The number of hydrogen-bond donors (Lipinski definition) is 2. The molecule has 3 N–H and O–H groups in total. The number of nitrogens with zero attached hydrogens (tertiary/aromatic N) is 4. The van der Waals surface area contributed by atoms with Crippen molar-refractivity contribution in [2.45, 2.75) is 38.3 Å². The molecule has 0 atom stereocenters. The van der Waals surface area contributed by atoms with E-state index in [2.05, 4.69) is 16.7 Å².